The number of carbonyl (C=O) groups excluding carboxylic acids is 1. The Kier molecular flexibility index (Phi) is 7.78. The highest BCUT2D eigenvalue weighted by Gasteiger charge is 2.22. The zero-order valence-corrected chi connectivity index (χ0v) is 23.0. The van der Waals surface area contributed by atoms with Crippen LogP contribution in [0.15, 0.2) is 95.1 Å². The first-order valence-corrected chi connectivity index (χ1v) is 14.2. The number of aromatic nitrogens is 1. The van der Waals surface area contributed by atoms with Crippen LogP contribution in [-0.2, 0) is 17.6 Å². The minimum atomic E-state index is 0.0613. The molecule has 40 heavy (non-hydrogen) atoms. The van der Waals surface area contributed by atoms with Crippen molar-refractivity contribution in [3.8, 4) is 0 Å². The van der Waals surface area contributed by atoms with E-state index in [0.29, 0.717) is 11.9 Å². The van der Waals surface area contributed by atoms with E-state index in [4.69, 9.17) is 9.98 Å². The van der Waals surface area contributed by atoms with E-state index in [9.17, 15) is 4.79 Å². The third-order valence-corrected chi connectivity index (χ3v) is 8.09. The summed E-state index contributed by atoms with van der Waals surface area (Å²) in [7, 11) is 2.17. The molecule has 6 nitrogen and oxygen atoms in total. The Morgan fingerprint density at radius 2 is 1.68 bits per heavy atom. The Balaban J connectivity index is 1.26. The molecule has 1 aliphatic carbocycles. The van der Waals surface area contributed by atoms with Crippen molar-refractivity contribution < 1.29 is 4.79 Å². The number of aliphatic imine (C=N–C) groups is 1. The molecule has 2 unspecified atom stereocenters. The maximum atomic E-state index is 12.7. The van der Waals surface area contributed by atoms with Crippen molar-refractivity contribution >= 4 is 29.4 Å². The molecule has 3 heterocycles. The Morgan fingerprint density at radius 1 is 0.900 bits per heavy atom. The molecule has 0 radical (unpaired) electrons. The van der Waals surface area contributed by atoms with Crippen molar-refractivity contribution in [1.82, 2.24) is 9.88 Å². The number of benzene rings is 2. The molecule has 0 spiro atoms. The predicted molar refractivity (Wildman–Crippen MR) is 162 cm³/mol. The van der Waals surface area contributed by atoms with E-state index in [0.717, 1.165) is 55.8 Å². The van der Waals surface area contributed by atoms with Crippen molar-refractivity contribution in [3.63, 3.8) is 0 Å². The molecule has 0 N–H and O–H groups in total. The molecule has 0 bridgehead atoms. The second kappa shape index (κ2) is 11.9. The van der Waals surface area contributed by atoms with Gasteiger partial charge in [-0.25, -0.2) is 9.98 Å². The van der Waals surface area contributed by atoms with Crippen molar-refractivity contribution in [2.75, 3.05) is 38.1 Å². The number of hydrogen-bond acceptors (Lipinski definition) is 6. The molecule has 6 rings (SSSR count). The Labute approximate surface area is 236 Å². The van der Waals surface area contributed by atoms with Gasteiger partial charge in [0.05, 0.1) is 11.7 Å². The molecular formula is C34H35N5O. The summed E-state index contributed by atoms with van der Waals surface area (Å²) >= 11 is 0. The second-order valence-electron chi connectivity index (χ2n) is 10.9. The van der Waals surface area contributed by atoms with Crippen LogP contribution in [-0.4, -0.2) is 61.2 Å². The molecule has 0 saturated carbocycles. The third kappa shape index (κ3) is 6.18. The highest BCUT2D eigenvalue weighted by Crippen LogP contribution is 2.31. The maximum absolute atomic E-state index is 12.7. The lowest BCUT2D eigenvalue weighted by Crippen LogP contribution is -2.44. The summed E-state index contributed by atoms with van der Waals surface area (Å²) < 4.78 is 0. The van der Waals surface area contributed by atoms with Gasteiger partial charge >= 0.3 is 0 Å². The Morgan fingerprint density at radius 3 is 2.42 bits per heavy atom. The molecule has 3 aliphatic rings. The topological polar surface area (TPSA) is 61.2 Å². The lowest BCUT2D eigenvalue weighted by molar-refractivity contribution is -0.114. The SMILES string of the molecule is CN1CCN(c2ccc(N=c3ccc4c(cn3)C=CC(=O)CC4Cc3ccccc3CC3C=CC=N3)cc2)CC1. The molecule has 0 amide bonds. The maximum Gasteiger partial charge on any atom is 0.156 e. The summed E-state index contributed by atoms with van der Waals surface area (Å²) in [6.07, 6.45) is 13.6. The molecule has 2 atom stereocenters. The molecule has 2 aliphatic heterocycles. The summed E-state index contributed by atoms with van der Waals surface area (Å²) in [5.41, 5.74) is 7.44. The highest BCUT2D eigenvalue weighted by molar-refractivity contribution is 5.95. The number of nitrogens with zero attached hydrogens (tertiary/aromatic N) is 5. The number of fused-ring (bicyclic) bond motifs is 1. The zero-order chi connectivity index (χ0) is 27.3. The summed E-state index contributed by atoms with van der Waals surface area (Å²) in [6.45, 7) is 4.25. The normalized spacial score (nSPS) is 21.1. The van der Waals surface area contributed by atoms with E-state index in [-0.39, 0.29) is 17.7 Å². The fraction of sp³-hybridized carbons (Fsp3) is 0.294. The molecule has 3 aromatic rings. The van der Waals surface area contributed by atoms with Gasteiger partial charge in [-0.1, -0.05) is 36.4 Å². The molecule has 202 valence electrons. The number of carbonyl (C=O) groups is 1. The number of ketones is 1. The Bertz CT molecular complexity index is 1520. The number of piperazine rings is 1. The van der Waals surface area contributed by atoms with Gasteiger partial charge in [0.15, 0.2) is 11.3 Å². The standard InChI is InChI=1S/C34H35N5O/c1-38-17-19-39(20-18-38)31-11-9-29(10-12-31)37-34-15-14-33-27(24-36-34)8-13-32(40)23-28(33)21-25-5-2-3-6-26(25)22-30-7-4-16-35-30/h2-16,24,28,30H,17-23H2,1H3. The Hall–Kier alpha value is -4.16. The van der Waals surface area contributed by atoms with Crippen LogP contribution >= 0.6 is 0 Å². The number of rotatable bonds is 6. The molecule has 1 saturated heterocycles. The van der Waals surface area contributed by atoms with E-state index in [1.165, 1.54) is 16.8 Å². The van der Waals surface area contributed by atoms with Gasteiger partial charge in [-0.15, -0.1) is 0 Å². The highest BCUT2D eigenvalue weighted by atomic mass is 16.1. The largest absolute Gasteiger partial charge is 0.369 e. The predicted octanol–water partition coefficient (Wildman–Crippen LogP) is 4.93. The van der Waals surface area contributed by atoms with E-state index >= 15 is 0 Å². The minimum Gasteiger partial charge on any atom is -0.369 e. The number of anilines is 1. The van der Waals surface area contributed by atoms with E-state index < -0.39 is 0 Å². The van der Waals surface area contributed by atoms with Gasteiger partial charge in [0.1, 0.15) is 0 Å². The van der Waals surface area contributed by atoms with Crippen molar-refractivity contribution in [2.45, 2.75) is 31.2 Å². The lowest BCUT2D eigenvalue weighted by atomic mass is 9.85. The van der Waals surface area contributed by atoms with Crippen LogP contribution in [0.25, 0.3) is 6.08 Å². The molecule has 1 aromatic heterocycles. The van der Waals surface area contributed by atoms with Gasteiger partial charge < -0.3 is 9.80 Å². The molecule has 6 heteroatoms. The fourth-order valence-corrected chi connectivity index (χ4v) is 5.77. The van der Waals surface area contributed by atoms with Crippen LogP contribution in [0.1, 0.15) is 34.6 Å². The third-order valence-electron chi connectivity index (χ3n) is 8.09. The van der Waals surface area contributed by atoms with E-state index in [2.05, 4.69) is 82.5 Å². The first-order chi connectivity index (χ1) is 19.6. The zero-order valence-electron chi connectivity index (χ0n) is 23.0. The van der Waals surface area contributed by atoms with Crippen LogP contribution in [0.3, 0.4) is 0 Å². The quantitative estimate of drug-likeness (QED) is 0.454. The first-order valence-electron chi connectivity index (χ1n) is 14.2. The molecule has 2 aromatic carbocycles. The van der Waals surface area contributed by atoms with Crippen LogP contribution in [0.4, 0.5) is 11.4 Å². The van der Waals surface area contributed by atoms with E-state index in [1.54, 1.807) is 6.08 Å². The number of hydrogen-bond donors (Lipinski definition) is 0. The lowest BCUT2D eigenvalue weighted by Gasteiger charge is -2.34. The van der Waals surface area contributed by atoms with Gasteiger partial charge in [0.2, 0.25) is 0 Å². The van der Waals surface area contributed by atoms with Gasteiger partial charge in [-0.05, 0) is 96.6 Å². The van der Waals surface area contributed by atoms with Crippen molar-refractivity contribution in [3.05, 3.63) is 113 Å². The monoisotopic (exact) mass is 529 g/mol. The van der Waals surface area contributed by atoms with Crippen LogP contribution in [0.5, 0.6) is 0 Å². The average molecular weight is 530 g/mol. The summed E-state index contributed by atoms with van der Waals surface area (Å²) in [4.78, 5) is 31.5. The van der Waals surface area contributed by atoms with Crippen LogP contribution in [0, 0.1) is 0 Å². The summed E-state index contributed by atoms with van der Waals surface area (Å²) in [5, 5.41) is 0. The van der Waals surface area contributed by atoms with Gasteiger partial charge in [0, 0.05) is 50.7 Å². The van der Waals surface area contributed by atoms with Gasteiger partial charge in [0.25, 0.3) is 0 Å². The van der Waals surface area contributed by atoms with Crippen LogP contribution in [0.2, 0.25) is 0 Å². The first kappa shape index (κ1) is 26.1. The van der Waals surface area contributed by atoms with Gasteiger partial charge in [-0.3, -0.25) is 9.79 Å². The average Bonchev–Trinajstić information content (AvgIpc) is 3.33. The van der Waals surface area contributed by atoms with Crippen LogP contribution < -0.4 is 10.4 Å². The second-order valence-corrected chi connectivity index (χ2v) is 10.9. The van der Waals surface area contributed by atoms with Crippen molar-refractivity contribution in [1.29, 1.82) is 0 Å². The summed E-state index contributed by atoms with van der Waals surface area (Å²) in [5.74, 6) is 0.209. The number of allylic oxidation sites excluding steroid dienone is 2. The minimum absolute atomic E-state index is 0.0613. The smallest absolute Gasteiger partial charge is 0.156 e. The summed E-state index contributed by atoms with van der Waals surface area (Å²) in [6, 6.07) is 21.3. The number of likely N-dealkylation sites (N-methyl/N-ethyl adjacent to an activating group) is 1. The van der Waals surface area contributed by atoms with E-state index in [1.807, 2.05) is 30.6 Å². The van der Waals surface area contributed by atoms with Crippen molar-refractivity contribution in [2.24, 2.45) is 9.98 Å². The molecule has 1 fully saturated rings. The van der Waals surface area contributed by atoms with Gasteiger partial charge in [-0.2, -0.15) is 0 Å². The molecular weight excluding hydrogens is 494 g/mol. The fourth-order valence-electron chi connectivity index (χ4n) is 5.77.